The molecule has 96 valence electrons. The van der Waals surface area contributed by atoms with Crippen LogP contribution in [0.1, 0.15) is 36.8 Å². The highest BCUT2D eigenvalue weighted by atomic mass is 16.5. The van der Waals surface area contributed by atoms with Gasteiger partial charge in [-0.25, -0.2) is 0 Å². The molecule has 17 heavy (non-hydrogen) atoms. The summed E-state index contributed by atoms with van der Waals surface area (Å²) in [5.41, 5.74) is 7.65. The molecule has 1 rings (SSSR count). The third-order valence-electron chi connectivity index (χ3n) is 2.79. The van der Waals surface area contributed by atoms with Crippen molar-refractivity contribution in [3.63, 3.8) is 0 Å². The molecule has 5 heteroatoms. The van der Waals surface area contributed by atoms with Gasteiger partial charge in [0, 0.05) is 12.1 Å². The molecule has 5 nitrogen and oxygen atoms in total. The van der Waals surface area contributed by atoms with Crippen LogP contribution in [0.15, 0.2) is 4.52 Å². The van der Waals surface area contributed by atoms with Crippen LogP contribution in [-0.2, 0) is 11.2 Å². The highest BCUT2D eigenvalue weighted by Crippen LogP contribution is 2.12. The maximum Gasteiger partial charge on any atom is 0.236 e. The number of hydrogen-bond acceptors (Lipinski definition) is 4. The Kier molecular flexibility index (Phi) is 5.15. The van der Waals surface area contributed by atoms with Crippen molar-refractivity contribution < 1.29 is 9.32 Å². The first-order valence-electron chi connectivity index (χ1n) is 6.01. The van der Waals surface area contributed by atoms with Crippen LogP contribution in [0.25, 0.3) is 0 Å². The Morgan fingerprint density at radius 1 is 1.53 bits per heavy atom. The first kappa shape index (κ1) is 13.7. The largest absolute Gasteiger partial charge is 0.361 e. The number of nitrogens with two attached hydrogens (primary N) is 1. The van der Waals surface area contributed by atoms with E-state index in [4.69, 9.17) is 10.3 Å². The second-order valence-electron chi connectivity index (χ2n) is 4.24. The Morgan fingerprint density at radius 3 is 2.76 bits per heavy atom. The number of hydrogen-bond donors (Lipinski definition) is 2. The number of amides is 1. The average molecular weight is 239 g/mol. The van der Waals surface area contributed by atoms with Gasteiger partial charge in [0.05, 0.1) is 11.7 Å². The maximum atomic E-state index is 11.6. The van der Waals surface area contributed by atoms with Gasteiger partial charge >= 0.3 is 0 Å². The number of rotatable bonds is 6. The predicted octanol–water partition coefficient (Wildman–Crippen LogP) is 1.08. The van der Waals surface area contributed by atoms with E-state index in [1.165, 1.54) is 0 Å². The Bertz CT molecular complexity index is 354. The lowest BCUT2D eigenvalue weighted by atomic mass is 10.1. The molecular weight excluding hydrogens is 218 g/mol. The van der Waals surface area contributed by atoms with Crippen LogP contribution in [0.5, 0.6) is 0 Å². The molecule has 0 spiro atoms. The number of aromatic nitrogens is 1. The molecule has 3 N–H and O–H groups in total. The van der Waals surface area contributed by atoms with E-state index in [1.54, 1.807) is 0 Å². The van der Waals surface area contributed by atoms with Gasteiger partial charge in [-0.15, -0.1) is 0 Å². The third kappa shape index (κ3) is 3.85. The van der Waals surface area contributed by atoms with Crippen molar-refractivity contribution in [3.05, 3.63) is 17.0 Å². The van der Waals surface area contributed by atoms with Gasteiger partial charge in [0.25, 0.3) is 0 Å². The van der Waals surface area contributed by atoms with E-state index < -0.39 is 6.04 Å². The minimum absolute atomic E-state index is 0.0846. The maximum absolute atomic E-state index is 11.6. The van der Waals surface area contributed by atoms with Gasteiger partial charge in [-0.2, -0.15) is 0 Å². The summed E-state index contributed by atoms with van der Waals surface area (Å²) in [7, 11) is 0. The summed E-state index contributed by atoms with van der Waals surface area (Å²) < 4.78 is 5.05. The number of nitrogens with zero attached hydrogens (tertiary/aromatic N) is 1. The average Bonchev–Trinajstić information content (AvgIpc) is 2.60. The summed E-state index contributed by atoms with van der Waals surface area (Å²) in [4.78, 5) is 11.6. The standard InChI is InChI=1S/C12H21N3O2/c1-4-5-11(13)12(16)14-7-6-10-8(2)15-17-9(10)3/h11H,4-7,13H2,1-3H3,(H,14,16). The molecular formula is C12H21N3O2. The van der Waals surface area contributed by atoms with E-state index in [0.29, 0.717) is 6.54 Å². The monoisotopic (exact) mass is 239 g/mol. The molecule has 1 aromatic rings. The predicted molar refractivity (Wildman–Crippen MR) is 65.6 cm³/mol. The Balaban J connectivity index is 2.35. The lowest BCUT2D eigenvalue weighted by molar-refractivity contribution is -0.122. The van der Waals surface area contributed by atoms with Crippen molar-refractivity contribution in [2.45, 2.75) is 46.1 Å². The van der Waals surface area contributed by atoms with E-state index in [9.17, 15) is 4.79 Å². The van der Waals surface area contributed by atoms with Crippen molar-refractivity contribution in [1.29, 1.82) is 0 Å². The van der Waals surface area contributed by atoms with Crippen molar-refractivity contribution in [2.24, 2.45) is 5.73 Å². The fraction of sp³-hybridized carbons (Fsp3) is 0.667. The number of carbonyl (C=O) groups is 1. The van der Waals surface area contributed by atoms with Crippen LogP contribution in [0.2, 0.25) is 0 Å². The molecule has 1 unspecified atom stereocenters. The molecule has 1 atom stereocenters. The number of carbonyl (C=O) groups excluding carboxylic acids is 1. The van der Waals surface area contributed by atoms with E-state index in [0.717, 1.165) is 36.3 Å². The number of aryl methyl sites for hydroxylation is 2. The number of nitrogens with one attached hydrogen (secondary N) is 1. The van der Waals surface area contributed by atoms with Gasteiger partial charge < -0.3 is 15.6 Å². The smallest absolute Gasteiger partial charge is 0.236 e. The van der Waals surface area contributed by atoms with Gasteiger partial charge in [0.2, 0.25) is 5.91 Å². The van der Waals surface area contributed by atoms with E-state index in [2.05, 4.69) is 10.5 Å². The molecule has 0 fully saturated rings. The fourth-order valence-electron chi connectivity index (χ4n) is 1.74. The van der Waals surface area contributed by atoms with Crippen LogP contribution in [0.4, 0.5) is 0 Å². The molecule has 0 aliphatic rings. The van der Waals surface area contributed by atoms with Gasteiger partial charge in [0.15, 0.2) is 0 Å². The molecule has 0 saturated heterocycles. The molecule has 1 amide bonds. The zero-order valence-electron chi connectivity index (χ0n) is 10.7. The van der Waals surface area contributed by atoms with Crippen molar-refractivity contribution in [3.8, 4) is 0 Å². The second-order valence-corrected chi connectivity index (χ2v) is 4.24. The molecule has 0 bridgehead atoms. The summed E-state index contributed by atoms with van der Waals surface area (Å²) in [6.45, 7) is 6.35. The third-order valence-corrected chi connectivity index (χ3v) is 2.79. The summed E-state index contributed by atoms with van der Waals surface area (Å²) in [6, 6.07) is -0.398. The molecule has 0 aliphatic heterocycles. The first-order chi connectivity index (χ1) is 8.06. The zero-order valence-corrected chi connectivity index (χ0v) is 10.7. The normalized spacial score (nSPS) is 12.5. The topological polar surface area (TPSA) is 81.2 Å². The lowest BCUT2D eigenvalue weighted by Gasteiger charge is -2.10. The Labute approximate surface area is 102 Å². The van der Waals surface area contributed by atoms with Crippen LogP contribution in [-0.4, -0.2) is 23.7 Å². The van der Waals surface area contributed by atoms with E-state index in [-0.39, 0.29) is 5.91 Å². The van der Waals surface area contributed by atoms with Gasteiger partial charge in [0.1, 0.15) is 5.76 Å². The molecule has 0 saturated carbocycles. The van der Waals surface area contributed by atoms with Crippen LogP contribution in [0.3, 0.4) is 0 Å². The van der Waals surface area contributed by atoms with Gasteiger partial charge in [-0.05, 0) is 26.7 Å². The fourth-order valence-corrected chi connectivity index (χ4v) is 1.74. The second kappa shape index (κ2) is 6.39. The van der Waals surface area contributed by atoms with Gasteiger partial charge in [-0.3, -0.25) is 4.79 Å². The van der Waals surface area contributed by atoms with Crippen LogP contribution >= 0.6 is 0 Å². The SMILES string of the molecule is CCCC(N)C(=O)NCCc1c(C)noc1C. The molecule has 0 aliphatic carbocycles. The van der Waals surface area contributed by atoms with Crippen molar-refractivity contribution >= 4 is 5.91 Å². The summed E-state index contributed by atoms with van der Waals surface area (Å²) in [5.74, 6) is 0.730. The summed E-state index contributed by atoms with van der Waals surface area (Å²) >= 11 is 0. The van der Waals surface area contributed by atoms with E-state index >= 15 is 0 Å². The quantitative estimate of drug-likeness (QED) is 0.778. The van der Waals surface area contributed by atoms with Crippen molar-refractivity contribution in [1.82, 2.24) is 10.5 Å². The molecule has 1 aromatic heterocycles. The van der Waals surface area contributed by atoms with E-state index in [1.807, 2.05) is 20.8 Å². The Hall–Kier alpha value is -1.36. The zero-order chi connectivity index (χ0) is 12.8. The lowest BCUT2D eigenvalue weighted by Crippen LogP contribution is -2.41. The minimum atomic E-state index is -0.398. The minimum Gasteiger partial charge on any atom is -0.361 e. The van der Waals surface area contributed by atoms with Crippen LogP contribution < -0.4 is 11.1 Å². The highest BCUT2D eigenvalue weighted by Gasteiger charge is 2.13. The first-order valence-corrected chi connectivity index (χ1v) is 6.01. The molecule has 1 heterocycles. The highest BCUT2D eigenvalue weighted by molar-refractivity contribution is 5.81. The summed E-state index contributed by atoms with van der Waals surface area (Å²) in [6.07, 6.45) is 2.36. The molecule has 0 aromatic carbocycles. The van der Waals surface area contributed by atoms with Gasteiger partial charge in [-0.1, -0.05) is 18.5 Å². The summed E-state index contributed by atoms with van der Waals surface area (Å²) in [5, 5.41) is 6.69. The Morgan fingerprint density at radius 2 is 2.24 bits per heavy atom. The van der Waals surface area contributed by atoms with Crippen molar-refractivity contribution in [2.75, 3.05) is 6.54 Å². The molecule has 0 radical (unpaired) electrons. The van der Waals surface area contributed by atoms with Crippen LogP contribution in [0, 0.1) is 13.8 Å².